The molecule has 0 saturated carbocycles. The van der Waals surface area contributed by atoms with E-state index in [1.165, 1.54) is 84.8 Å². The van der Waals surface area contributed by atoms with Gasteiger partial charge in [0.25, 0.3) is 0 Å². The van der Waals surface area contributed by atoms with E-state index in [1.807, 2.05) is 11.3 Å². The Hall–Kier alpha value is -6.74. The second kappa shape index (κ2) is 12.4. The molecule has 1 nitrogen and oxygen atoms in total. The maximum absolute atomic E-state index is 2.47. The molecule has 0 bridgehead atoms. The molecule has 0 N–H and O–H groups in total. The fourth-order valence-corrected chi connectivity index (χ4v) is 9.74. The highest BCUT2D eigenvalue weighted by molar-refractivity contribution is 7.25. The summed E-state index contributed by atoms with van der Waals surface area (Å²) in [6.45, 7) is 0. The fraction of sp³-hybridized carbons (Fsp3) is 0. The van der Waals surface area contributed by atoms with Gasteiger partial charge in [-0.05, 0) is 108 Å². The Balaban J connectivity index is 1.38. The lowest BCUT2D eigenvalue weighted by Gasteiger charge is -2.27. The molecule has 0 fully saturated rings. The fourth-order valence-electron chi connectivity index (χ4n) is 8.61. The van der Waals surface area contributed by atoms with Crippen LogP contribution < -0.4 is 4.90 Å². The molecule has 11 aromatic rings. The van der Waals surface area contributed by atoms with Gasteiger partial charge in [-0.2, -0.15) is 0 Å². The van der Waals surface area contributed by atoms with Gasteiger partial charge in [0.2, 0.25) is 0 Å². The standard InChI is InChI=1S/C52H33NS/c1-2-17-35(18-3-1)53(50-27-14-16-34-15-4-5-19-37(34)50)36-29-30-44-46(31-36)42-24-10-8-22-40(42)38-20-6-7-21-39(38)41-23-9-11-25-43(41)48-33-52-49(32-47(44)48)45-26-12-13-28-51(45)54-52/h1-33H. The van der Waals surface area contributed by atoms with Crippen LogP contribution in [0.1, 0.15) is 0 Å². The summed E-state index contributed by atoms with van der Waals surface area (Å²) in [6, 6.07) is 73.8. The van der Waals surface area contributed by atoms with Gasteiger partial charge < -0.3 is 4.90 Å². The van der Waals surface area contributed by atoms with E-state index >= 15 is 0 Å². The molecule has 11 rings (SSSR count). The van der Waals surface area contributed by atoms with Crippen molar-refractivity contribution in [1.82, 2.24) is 0 Å². The summed E-state index contributed by atoms with van der Waals surface area (Å²) in [6.07, 6.45) is 0. The van der Waals surface area contributed by atoms with Gasteiger partial charge in [-0.1, -0.05) is 152 Å². The lowest BCUT2D eigenvalue weighted by molar-refractivity contribution is 1.30. The molecule has 0 amide bonds. The van der Waals surface area contributed by atoms with E-state index in [-0.39, 0.29) is 0 Å². The van der Waals surface area contributed by atoms with E-state index in [0.29, 0.717) is 0 Å². The van der Waals surface area contributed by atoms with E-state index in [2.05, 4.69) is 205 Å². The molecule has 54 heavy (non-hydrogen) atoms. The molecule has 2 heteroatoms. The summed E-state index contributed by atoms with van der Waals surface area (Å²) in [7, 11) is 0. The molecule has 0 aliphatic carbocycles. The van der Waals surface area contributed by atoms with Crippen molar-refractivity contribution in [1.29, 1.82) is 0 Å². The van der Waals surface area contributed by atoms with E-state index in [0.717, 1.165) is 17.1 Å². The van der Waals surface area contributed by atoms with Crippen LogP contribution in [0.5, 0.6) is 0 Å². The van der Waals surface area contributed by atoms with Crippen molar-refractivity contribution < 1.29 is 0 Å². The number of benzene rings is 9. The van der Waals surface area contributed by atoms with Crippen molar-refractivity contribution in [2.75, 3.05) is 4.90 Å². The van der Waals surface area contributed by atoms with Crippen LogP contribution in [-0.2, 0) is 0 Å². The van der Waals surface area contributed by atoms with Crippen LogP contribution in [0.15, 0.2) is 200 Å². The molecule has 10 aromatic carbocycles. The Bertz CT molecular complexity index is 3340. The zero-order valence-corrected chi connectivity index (χ0v) is 30.2. The van der Waals surface area contributed by atoms with Crippen LogP contribution in [0.4, 0.5) is 17.1 Å². The van der Waals surface area contributed by atoms with Gasteiger partial charge >= 0.3 is 0 Å². The number of para-hydroxylation sites is 1. The zero-order chi connectivity index (χ0) is 35.6. The summed E-state index contributed by atoms with van der Waals surface area (Å²) < 4.78 is 2.62. The third-order valence-electron chi connectivity index (χ3n) is 11.0. The molecule has 1 aromatic heterocycles. The smallest absolute Gasteiger partial charge is 0.0540 e. The number of anilines is 3. The molecule has 0 atom stereocenters. The van der Waals surface area contributed by atoms with Crippen molar-refractivity contribution in [3.05, 3.63) is 200 Å². The topological polar surface area (TPSA) is 3.24 Å². The first kappa shape index (κ1) is 30.8. The largest absolute Gasteiger partial charge is 0.310 e. The molecule has 0 spiro atoms. The highest BCUT2D eigenvalue weighted by Gasteiger charge is 2.18. The molecular formula is C52H33NS. The first-order chi connectivity index (χ1) is 26.8. The summed E-state index contributed by atoms with van der Waals surface area (Å²) in [5, 5.41) is 17.4. The Labute approximate surface area is 316 Å². The molecule has 0 saturated heterocycles. The highest BCUT2D eigenvalue weighted by Crippen LogP contribution is 2.44. The highest BCUT2D eigenvalue weighted by atomic mass is 32.1. The van der Waals surface area contributed by atoms with Crippen LogP contribution >= 0.6 is 11.3 Å². The number of thiophene rings is 1. The van der Waals surface area contributed by atoms with Crippen molar-refractivity contribution in [2.24, 2.45) is 0 Å². The maximum atomic E-state index is 2.47. The lowest BCUT2D eigenvalue weighted by Crippen LogP contribution is -2.10. The summed E-state index contributed by atoms with van der Waals surface area (Å²) in [5.74, 6) is 0. The van der Waals surface area contributed by atoms with E-state index < -0.39 is 0 Å². The predicted molar refractivity (Wildman–Crippen MR) is 237 cm³/mol. The molecular weight excluding hydrogens is 671 g/mol. The van der Waals surface area contributed by atoms with Crippen molar-refractivity contribution >= 4 is 113 Å². The van der Waals surface area contributed by atoms with Crippen molar-refractivity contribution in [3.8, 4) is 0 Å². The Morgan fingerprint density at radius 2 is 0.741 bits per heavy atom. The molecule has 1 heterocycles. The van der Waals surface area contributed by atoms with Gasteiger partial charge in [0, 0.05) is 36.9 Å². The number of rotatable bonds is 3. The molecule has 252 valence electrons. The van der Waals surface area contributed by atoms with Gasteiger partial charge in [-0.25, -0.2) is 0 Å². The van der Waals surface area contributed by atoms with E-state index in [4.69, 9.17) is 0 Å². The monoisotopic (exact) mass is 703 g/mol. The van der Waals surface area contributed by atoms with Gasteiger partial charge in [0.05, 0.1) is 5.69 Å². The minimum atomic E-state index is 1.11. The SMILES string of the molecule is c1ccc(N(c2ccc3c(c2)c2ccccc2c2ccccc2c2ccccc2c2cc4sc5ccccc5c4cc32)c2cccc3ccccc23)cc1. The maximum Gasteiger partial charge on any atom is 0.0540 e. The summed E-state index contributed by atoms with van der Waals surface area (Å²) >= 11 is 1.88. The van der Waals surface area contributed by atoms with Gasteiger partial charge in [0.15, 0.2) is 0 Å². The molecule has 0 aliphatic rings. The van der Waals surface area contributed by atoms with Crippen LogP contribution in [0, 0.1) is 0 Å². The first-order valence-corrected chi connectivity index (χ1v) is 19.3. The molecule has 0 aliphatic heterocycles. The van der Waals surface area contributed by atoms with Crippen LogP contribution in [0.25, 0.3) is 84.8 Å². The Kier molecular flexibility index (Phi) is 7.11. The quantitative estimate of drug-likeness (QED) is 0.177. The second-order valence-corrected chi connectivity index (χ2v) is 15.1. The van der Waals surface area contributed by atoms with Crippen molar-refractivity contribution in [2.45, 2.75) is 0 Å². The van der Waals surface area contributed by atoms with Gasteiger partial charge in [-0.3, -0.25) is 0 Å². The lowest BCUT2D eigenvalue weighted by atomic mass is 9.93. The minimum Gasteiger partial charge on any atom is -0.310 e. The number of nitrogens with zero attached hydrogens (tertiary/aromatic N) is 1. The Morgan fingerprint density at radius 3 is 1.41 bits per heavy atom. The number of hydrogen-bond acceptors (Lipinski definition) is 2. The zero-order valence-electron chi connectivity index (χ0n) is 29.4. The molecule has 0 radical (unpaired) electrons. The number of fused-ring (bicyclic) bond motifs is 14. The average Bonchev–Trinajstić information content (AvgIpc) is 3.61. The van der Waals surface area contributed by atoms with Crippen molar-refractivity contribution in [3.63, 3.8) is 0 Å². The minimum absolute atomic E-state index is 1.11. The number of hydrogen-bond donors (Lipinski definition) is 0. The first-order valence-electron chi connectivity index (χ1n) is 18.5. The van der Waals surface area contributed by atoms with E-state index in [1.54, 1.807) is 0 Å². The van der Waals surface area contributed by atoms with Crippen LogP contribution in [0.3, 0.4) is 0 Å². The summed E-state index contributed by atoms with van der Waals surface area (Å²) in [5.41, 5.74) is 3.38. The predicted octanol–water partition coefficient (Wildman–Crippen LogP) is 15.6. The third-order valence-corrected chi connectivity index (χ3v) is 12.2. The van der Waals surface area contributed by atoms with Crippen LogP contribution in [-0.4, -0.2) is 0 Å². The third kappa shape index (κ3) is 4.85. The van der Waals surface area contributed by atoms with Crippen LogP contribution in [0.2, 0.25) is 0 Å². The second-order valence-electron chi connectivity index (χ2n) is 14.0. The van der Waals surface area contributed by atoms with Gasteiger partial charge in [-0.15, -0.1) is 11.3 Å². The Morgan fingerprint density at radius 1 is 0.259 bits per heavy atom. The average molecular weight is 704 g/mol. The normalized spacial score (nSPS) is 11.7. The summed E-state index contributed by atoms with van der Waals surface area (Å²) in [4.78, 5) is 2.42. The van der Waals surface area contributed by atoms with E-state index in [9.17, 15) is 0 Å². The van der Waals surface area contributed by atoms with Gasteiger partial charge in [0.1, 0.15) is 0 Å². The molecule has 0 unspecified atom stereocenters.